The van der Waals surface area contributed by atoms with Crippen molar-refractivity contribution in [2.24, 2.45) is 10.7 Å². The van der Waals surface area contributed by atoms with Crippen LogP contribution in [0.15, 0.2) is 41.4 Å². The van der Waals surface area contributed by atoms with Crippen LogP contribution in [0.25, 0.3) is 0 Å². The first-order valence-corrected chi connectivity index (χ1v) is 11.0. The molecule has 0 spiro atoms. The molecule has 0 atom stereocenters. The molecule has 0 aromatic carbocycles. The van der Waals surface area contributed by atoms with E-state index in [2.05, 4.69) is 14.9 Å². The van der Waals surface area contributed by atoms with Gasteiger partial charge in [-0.3, -0.25) is 0 Å². The fourth-order valence-corrected chi connectivity index (χ4v) is 6.05. The van der Waals surface area contributed by atoms with E-state index in [0.29, 0.717) is 38.6 Å². The van der Waals surface area contributed by atoms with E-state index < -0.39 is 10.0 Å². The molecule has 0 amide bonds. The van der Waals surface area contributed by atoms with E-state index in [9.17, 15) is 8.42 Å². The van der Waals surface area contributed by atoms with E-state index in [1.54, 1.807) is 16.7 Å². The molecule has 0 radical (unpaired) electrons. The van der Waals surface area contributed by atoms with Crippen LogP contribution in [0, 0.1) is 0 Å². The second kappa shape index (κ2) is 7.47. The van der Waals surface area contributed by atoms with E-state index in [0.717, 1.165) is 37.3 Å². The number of piperazine rings is 1. The highest BCUT2D eigenvalue weighted by molar-refractivity contribution is 7.89. The largest absolute Gasteiger partial charge is 0.386 e. The molecule has 1 aliphatic carbocycles. The summed E-state index contributed by atoms with van der Waals surface area (Å²) in [5.74, 6) is 2.26. The zero-order valence-electron chi connectivity index (χ0n) is 15.4. The number of rotatable bonds is 4. The molecule has 4 rings (SSSR count). The fraction of sp³-hybridized carbons (Fsp3) is 0.556. The van der Waals surface area contributed by atoms with Gasteiger partial charge in [-0.15, -0.1) is 0 Å². The normalized spacial score (nSPS) is 22.7. The van der Waals surface area contributed by atoms with Crippen molar-refractivity contribution in [2.75, 3.05) is 37.6 Å². The summed E-state index contributed by atoms with van der Waals surface area (Å²) in [7, 11) is -3.18. The number of aromatic nitrogens is 1. The summed E-state index contributed by atoms with van der Waals surface area (Å²) in [5.41, 5.74) is 5.93. The predicted molar refractivity (Wildman–Crippen MR) is 106 cm³/mol. The van der Waals surface area contributed by atoms with Gasteiger partial charge in [-0.1, -0.05) is 18.9 Å². The molecule has 1 saturated carbocycles. The minimum Gasteiger partial charge on any atom is -0.386 e. The van der Waals surface area contributed by atoms with Crippen LogP contribution in [-0.4, -0.2) is 66.4 Å². The topological polar surface area (TPSA) is 95.1 Å². The summed E-state index contributed by atoms with van der Waals surface area (Å²) >= 11 is 0. The molecule has 1 aromatic rings. The third-order valence-electron chi connectivity index (χ3n) is 5.51. The molecule has 1 saturated heterocycles. The standard InChI is InChI=1S/C18H26N6O2S/c19-16-14-24(17-7-3-4-8-20-17)18(13-21-16)22-9-11-23(12-10-22)27(25,26)15-5-1-2-6-15/h3-4,7-8,13,15H,1-2,5-6,9-12,14H2,(H2,19,21). The summed E-state index contributed by atoms with van der Waals surface area (Å²) in [6.07, 6.45) is 7.16. The van der Waals surface area contributed by atoms with Gasteiger partial charge >= 0.3 is 0 Å². The van der Waals surface area contributed by atoms with Gasteiger partial charge in [0.05, 0.1) is 18.0 Å². The predicted octanol–water partition coefficient (Wildman–Crippen LogP) is 0.948. The van der Waals surface area contributed by atoms with E-state index in [1.807, 2.05) is 23.1 Å². The molecule has 146 valence electrons. The van der Waals surface area contributed by atoms with E-state index >= 15 is 0 Å². The number of sulfonamides is 1. The Morgan fingerprint density at radius 3 is 2.48 bits per heavy atom. The van der Waals surface area contributed by atoms with E-state index in [-0.39, 0.29) is 5.25 Å². The molecule has 0 unspecified atom stereocenters. The lowest BCUT2D eigenvalue weighted by molar-refractivity contribution is 0.222. The molecule has 2 N–H and O–H groups in total. The summed E-state index contributed by atoms with van der Waals surface area (Å²) in [4.78, 5) is 12.9. The molecule has 2 fully saturated rings. The first kappa shape index (κ1) is 18.2. The van der Waals surface area contributed by atoms with Gasteiger partial charge in [-0.05, 0) is 25.0 Å². The highest BCUT2D eigenvalue weighted by atomic mass is 32.2. The zero-order valence-corrected chi connectivity index (χ0v) is 16.2. The SMILES string of the molecule is NC1=NC=C(N2CCN(S(=O)(=O)C3CCCC3)CC2)N(c2ccccn2)C1. The minimum atomic E-state index is -3.18. The Bertz CT molecular complexity index is 825. The van der Waals surface area contributed by atoms with Gasteiger partial charge in [0.2, 0.25) is 10.0 Å². The first-order valence-electron chi connectivity index (χ1n) is 9.50. The van der Waals surface area contributed by atoms with Crippen molar-refractivity contribution in [1.29, 1.82) is 0 Å². The highest BCUT2D eigenvalue weighted by Crippen LogP contribution is 2.29. The minimum absolute atomic E-state index is 0.188. The molecule has 0 bridgehead atoms. The number of amidine groups is 1. The summed E-state index contributed by atoms with van der Waals surface area (Å²) in [6, 6.07) is 5.75. The number of nitrogens with zero attached hydrogens (tertiary/aromatic N) is 5. The maximum atomic E-state index is 12.8. The molecule has 1 aromatic heterocycles. The molecule has 8 nitrogen and oxygen atoms in total. The highest BCUT2D eigenvalue weighted by Gasteiger charge is 2.36. The molecule has 9 heteroatoms. The number of pyridine rings is 1. The lowest BCUT2D eigenvalue weighted by atomic mass is 10.3. The third kappa shape index (κ3) is 3.66. The number of nitrogens with two attached hydrogens (primary N) is 1. The smallest absolute Gasteiger partial charge is 0.217 e. The lowest BCUT2D eigenvalue weighted by Gasteiger charge is -2.41. The van der Waals surface area contributed by atoms with Gasteiger partial charge in [0, 0.05) is 32.4 Å². The Hall–Kier alpha value is -2.13. The Morgan fingerprint density at radius 2 is 1.81 bits per heavy atom. The van der Waals surface area contributed by atoms with Crippen molar-refractivity contribution in [3.8, 4) is 0 Å². The molecular weight excluding hydrogens is 364 g/mol. The lowest BCUT2D eigenvalue weighted by Crippen LogP contribution is -2.53. The van der Waals surface area contributed by atoms with Crippen molar-refractivity contribution in [3.05, 3.63) is 36.4 Å². The average Bonchev–Trinajstić information content (AvgIpc) is 3.24. The maximum Gasteiger partial charge on any atom is 0.217 e. The maximum absolute atomic E-state index is 12.8. The summed E-state index contributed by atoms with van der Waals surface area (Å²) in [6.45, 7) is 2.76. The van der Waals surface area contributed by atoms with Gasteiger partial charge in [0.25, 0.3) is 0 Å². The number of anilines is 1. The van der Waals surface area contributed by atoms with Gasteiger partial charge in [-0.2, -0.15) is 4.31 Å². The van der Waals surface area contributed by atoms with Gasteiger partial charge in [0.1, 0.15) is 17.5 Å². The number of aliphatic imine (C=N–C) groups is 1. The van der Waals surface area contributed by atoms with Gasteiger partial charge < -0.3 is 15.5 Å². The van der Waals surface area contributed by atoms with Crippen LogP contribution in [0.5, 0.6) is 0 Å². The van der Waals surface area contributed by atoms with E-state index in [1.165, 1.54) is 0 Å². The van der Waals surface area contributed by atoms with Gasteiger partial charge in [-0.25, -0.2) is 18.4 Å². The summed E-state index contributed by atoms with van der Waals surface area (Å²) < 4.78 is 27.3. The van der Waals surface area contributed by atoms with Crippen LogP contribution in [0.3, 0.4) is 0 Å². The quantitative estimate of drug-likeness (QED) is 0.822. The third-order valence-corrected chi connectivity index (χ3v) is 7.91. The number of hydrogen-bond acceptors (Lipinski definition) is 7. The van der Waals surface area contributed by atoms with Crippen molar-refractivity contribution < 1.29 is 8.42 Å². The van der Waals surface area contributed by atoms with Crippen molar-refractivity contribution in [1.82, 2.24) is 14.2 Å². The number of hydrogen-bond donors (Lipinski definition) is 1. The Labute approximate surface area is 160 Å². The van der Waals surface area contributed by atoms with Crippen LogP contribution < -0.4 is 10.6 Å². The molecule has 27 heavy (non-hydrogen) atoms. The van der Waals surface area contributed by atoms with Crippen molar-refractivity contribution in [3.63, 3.8) is 0 Å². The Balaban J connectivity index is 1.48. The van der Waals surface area contributed by atoms with Crippen LogP contribution in [0.2, 0.25) is 0 Å². The van der Waals surface area contributed by atoms with Crippen LogP contribution in [-0.2, 0) is 10.0 Å². The van der Waals surface area contributed by atoms with Crippen molar-refractivity contribution >= 4 is 21.7 Å². The van der Waals surface area contributed by atoms with Gasteiger partial charge in [0.15, 0.2) is 0 Å². The monoisotopic (exact) mass is 390 g/mol. The van der Waals surface area contributed by atoms with Crippen LogP contribution >= 0.6 is 0 Å². The fourth-order valence-electron chi connectivity index (χ4n) is 4.03. The molecule has 3 heterocycles. The first-order chi connectivity index (χ1) is 13.1. The van der Waals surface area contributed by atoms with Crippen LogP contribution in [0.4, 0.5) is 5.82 Å². The average molecular weight is 391 g/mol. The van der Waals surface area contributed by atoms with Crippen LogP contribution in [0.1, 0.15) is 25.7 Å². The van der Waals surface area contributed by atoms with E-state index in [4.69, 9.17) is 5.73 Å². The summed E-state index contributed by atoms with van der Waals surface area (Å²) in [5, 5.41) is -0.188. The Kier molecular flexibility index (Phi) is 5.05. The molecule has 3 aliphatic rings. The molecule has 2 aliphatic heterocycles. The Morgan fingerprint density at radius 1 is 1.07 bits per heavy atom. The second-order valence-electron chi connectivity index (χ2n) is 7.22. The second-order valence-corrected chi connectivity index (χ2v) is 9.43. The zero-order chi connectivity index (χ0) is 18.9. The van der Waals surface area contributed by atoms with Crippen molar-refractivity contribution in [2.45, 2.75) is 30.9 Å². The molecular formula is C18H26N6O2S.